The van der Waals surface area contributed by atoms with Gasteiger partial charge < -0.3 is 5.32 Å². The second kappa shape index (κ2) is 7.07. The van der Waals surface area contributed by atoms with Crippen LogP contribution < -0.4 is 16.3 Å². The van der Waals surface area contributed by atoms with Crippen molar-refractivity contribution >= 4 is 28.4 Å². The van der Waals surface area contributed by atoms with Crippen molar-refractivity contribution in [2.45, 2.75) is 19.9 Å². The molecule has 130 valence electrons. The van der Waals surface area contributed by atoms with Gasteiger partial charge in [0.05, 0.1) is 16.8 Å². The molecule has 0 fully saturated rings. The SMILES string of the molecule is CC(C)n1c(NC(=O)Nc2ccccc2C#N)c2ccccc2nc1=O. The number of rotatable bonds is 3. The molecule has 0 spiro atoms. The number of fused-ring (bicyclic) bond motifs is 1. The minimum atomic E-state index is -0.544. The molecular formula is C19H17N5O2. The van der Waals surface area contributed by atoms with Crippen LogP contribution in [-0.4, -0.2) is 15.6 Å². The third kappa shape index (κ3) is 3.26. The zero-order chi connectivity index (χ0) is 18.7. The molecule has 0 saturated heterocycles. The van der Waals surface area contributed by atoms with Crippen LogP contribution >= 0.6 is 0 Å². The maximum absolute atomic E-state index is 12.5. The van der Waals surface area contributed by atoms with Crippen molar-refractivity contribution in [1.82, 2.24) is 9.55 Å². The van der Waals surface area contributed by atoms with Gasteiger partial charge in [-0.05, 0) is 38.1 Å². The second-order valence-corrected chi connectivity index (χ2v) is 5.96. The molecule has 0 aliphatic heterocycles. The highest BCUT2D eigenvalue weighted by Gasteiger charge is 2.16. The Kier molecular flexibility index (Phi) is 4.67. The third-order valence-electron chi connectivity index (χ3n) is 3.87. The van der Waals surface area contributed by atoms with Crippen LogP contribution in [0.4, 0.5) is 16.3 Å². The van der Waals surface area contributed by atoms with E-state index in [2.05, 4.69) is 15.6 Å². The molecule has 2 N–H and O–H groups in total. The summed E-state index contributed by atoms with van der Waals surface area (Å²) < 4.78 is 1.43. The third-order valence-corrected chi connectivity index (χ3v) is 3.87. The van der Waals surface area contributed by atoms with Gasteiger partial charge in [0.15, 0.2) is 0 Å². The van der Waals surface area contributed by atoms with E-state index in [9.17, 15) is 9.59 Å². The number of nitriles is 1. The smallest absolute Gasteiger partial charge is 0.306 e. The predicted octanol–water partition coefficient (Wildman–Crippen LogP) is 3.49. The molecule has 26 heavy (non-hydrogen) atoms. The predicted molar refractivity (Wildman–Crippen MR) is 100 cm³/mol. The van der Waals surface area contributed by atoms with Gasteiger partial charge in [0.1, 0.15) is 11.9 Å². The normalized spacial score (nSPS) is 10.5. The number of para-hydroxylation sites is 2. The summed E-state index contributed by atoms with van der Waals surface area (Å²) in [6.45, 7) is 3.68. The van der Waals surface area contributed by atoms with E-state index in [0.29, 0.717) is 28.0 Å². The zero-order valence-corrected chi connectivity index (χ0v) is 14.4. The molecule has 7 nitrogen and oxygen atoms in total. The number of benzene rings is 2. The number of carbonyl (C=O) groups is 1. The molecule has 0 unspecified atom stereocenters. The van der Waals surface area contributed by atoms with Crippen LogP contribution in [0.3, 0.4) is 0 Å². The fourth-order valence-corrected chi connectivity index (χ4v) is 2.71. The number of nitrogens with zero attached hydrogens (tertiary/aromatic N) is 3. The van der Waals surface area contributed by atoms with Gasteiger partial charge in [-0.25, -0.2) is 9.59 Å². The molecule has 0 aliphatic carbocycles. The van der Waals surface area contributed by atoms with Crippen molar-refractivity contribution in [1.29, 1.82) is 5.26 Å². The molecule has 0 bridgehead atoms. The van der Waals surface area contributed by atoms with Crippen molar-refractivity contribution < 1.29 is 4.79 Å². The largest absolute Gasteiger partial charge is 0.349 e. The lowest BCUT2D eigenvalue weighted by atomic mass is 10.2. The van der Waals surface area contributed by atoms with Crippen molar-refractivity contribution in [2.75, 3.05) is 10.6 Å². The van der Waals surface area contributed by atoms with Crippen LogP contribution in [0.25, 0.3) is 10.9 Å². The maximum atomic E-state index is 12.5. The molecule has 0 saturated carbocycles. The zero-order valence-electron chi connectivity index (χ0n) is 14.4. The van der Waals surface area contributed by atoms with E-state index < -0.39 is 11.7 Å². The summed E-state index contributed by atoms with van der Waals surface area (Å²) in [4.78, 5) is 29.0. The quantitative estimate of drug-likeness (QED) is 0.757. The molecule has 0 radical (unpaired) electrons. The lowest BCUT2D eigenvalue weighted by Gasteiger charge is -2.18. The Bertz CT molecular complexity index is 1080. The van der Waals surface area contributed by atoms with Gasteiger partial charge >= 0.3 is 11.7 Å². The Hall–Kier alpha value is -3.66. The van der Waals surface area contributed by atoms with Gasteiger partial charge in [-0.15, -0.1) is 0 Å². The summed E-state index contributed by atoms with van der Waals surface area (Å²) in [6.07, 6.45) is 0. The minimum Gasteiger partial charge on any atom is -0.306 e. The first-order chi connectivity index (χ1) is 12.5. The van der Waals surface area contributed by atoms with E-state index in [1.807, 2.05) is 26.0 Å². The molecule has 2 amide bonds. The first kappa shape index (κ1) is 17.2. The van der Waals surface area contributed by atoms with Gasteiger partial charge in [0.25, 0.3) is 0 Å². The average molecular weight is 347 g/mol. The summed E-state index contributed by atoms with van der Waals surface area (Å²) in [6, 6.07) is 15.1. The van der Waals surface area contributed by atoms with Crippen LogP contribution in [0.2, 0.25) is 0 Å². The van der Waals surface area contributed by atoms with Crippen molar-refractivity contribution in [3.63, 3.8) is 0 Å². The summed E-state index contributed by atoms with van der Waals surface area (Å²) in [5, 5.41) is 15.2. The molecular weight excluding hydrogens is 330 g/mol. The van der Waals surface area contributed by atoms with Gasteiger partial charge in [-0.3, -0.25) is 9.88 Å². The number of amides is 2. The number of anilines is 2. The molecule has 2 aromatic carbocycles. The molecule has 1 aromatic heterocycles. The highest BCUT2D eigenvalue weighted by atomic mass is 16.2. The fraction of sp³-hybridized carbons (Fsp3) is 0.158. The van der Waals surface area contributed by atoms with Gasteiger partial charge in [-0.1, -0.05) is 24.3 Å². The van der Waals surface area contributed by atoms with Crippen molar-refractivity contribution in [3.05, 3.63) is 64.6 Å². The minimum absolute atomic E-state index is 0.193. The first-order valence-electron chi connectivity index (χ1n) is 8.09. The summed E-state index contributed by atoms with van der Waals surface area (Å²) >= 11 is 0. The van der Waals surface area contributed by atoms with E-state index in [1.54, 1.807) is 42.5 Å². The summed E-state index contributed by atoms with van der Waals surface area (Å²) in [5.41, 5.74) is 0.807. The van der Waals surface area contributed by atoms with Gasteiger partial charge in [0, 0.05) is 11.4 Å². The second-order valence-electron chi connectivity index (χ2n) is 5.96. The Morgan fingerprint density at radius 3 is 2.54 bits per heavy atom. The lowest BCUT2D eigenvalue weighted by molar-refractivity contribution is 0.262. The highest BCUT2D eigenvalue weighted by Crippen LogP contribution is 2.23. The van der Waals surface area contributed by atoms with E-state index >= 15 is 0 Å². The van der Waals surface area contributed by atoms with Gasteiger partial charge in [-0.2, -0.15) is 10.2 Å². The lowest BCUT2D eigenvalue weighted by Crippen LogP contribution is -2.30. The average Bonchev–Trinajstić information content (AvgIpc) is 2.61. The summed E-state index contributed by atoms with van der Waals surface area (Å²) in [7, 11) is 0. The number of aromatic nitrogens is 2. The molecule has 1 heterocycles. The number of nitrogens with one attached hydrogen (secondary N) is 2. The Labute approximate surface area is 149 Å². The van der Waals surface area contributed by atoms with Crippen LogP contribution in [-0.2, 0) is 0 Å². The topological polar surface area (TPSA) is 99.8 Å². The number of hydrogen-bond donors (Lipinski definition) is 2. The van der Waals surface area contributed by atoms with Crippen molar-refractivity contribution in [2.24, 2.45) is 0 Å². The Morgan fingerprint density at radius 1 is 1.12 bits per heavy atom. The van der Waals surface area contributed by atoms with Gasteiger partial charge in [0.2, 0.25) is 0 Å². The molecule has 7 heteroatoms. The fourth-order valence-electron chi connectivity index (χ4n) is 2.71. The number of urea groups is 1. The molecule has 0 atom stereocenters. The van der Waals surface area contributed by atoms with Crippen LogP contribution in [0.1, 0.15) is 25.5 Å². The van der Waals surface area contributed by atoms with E-state index in [0.717, 1.165) is 0 Å². The van der Waals surface area contributed by atoms with E-state index in [1.165, 1.54) is 4.57 Å². The summed E-state index contributed by atoms with van der Waals surface area (Å²) in [5.74, 6) is 0.363. The van der Waals surface area contributed by atoms with Crippen LogP contribution in [0.5, 0.6) is 0 Å². The number of carbonyl (C=O) groups excluding carboxylic acids is 1. The first-order valence-corrected chi connectivity index (χ1v) is 8.09. The molecule has 0 aliphatic rings. The Balaban J connectivity index is 2.02. The van der Waals surface area contributed by atoms with Crippen LogP contribution in [0, 0.1) is 11.3 Å². The van der Waals surface area contributed by atoms with E-state index in [4.69, 9.17) is 5.26 Å². The standard InChI is InChI=1S/C19H17N5O2/c1-12(2)24-17(14-8-4-6-10-16(14)22-19(24)26)23-18(25)21-15-9-5-3-7-13(15)11-20/h3-10,12H,1-2H3,(H2,21,23,25). The van der Waals surface area contributed by atoms with Crippen LogP contribution in [0.15, 0.2) is 53.3 Å². The van der Waals surface area contributed by atoms with E-state index in [-0.39, 0.29) is 6.04 Å². The monoisotopic (exact) mass is 347 g/mol. The van der Waals surface area contributed by atoms with Crippen molar-refractivity contribution in [3.8, 4) is 6.07 Å². The number of hydrogen-bond acceptors (Lipinski definition) is 4. The highest BCUT2D eigenvalue weighted by molar-refractivity contribution is 6.04. The molecule has 3 aromatic rings. The maximum Gasteiger partial charge on any atom is 0.349 e. The molecule has 3 rings (SSSR count). The Morgan fingerprint density at radius 2 is 1.81 bits per heavy atom.